The molecular weight excluding hydrogens is 471 g/mol. The van der Waals surface area contributed by atoms with Crippen LogP contribution in [0.3, 0.4) is 0 Å². The third-order valence-electron chi connectivity index (χ3n) is 4.50. The second kappa shape index (κ2) is 9.67. The number of amides is 1. The number of nitrogens with one attached hydrogen (secondary N) is 1. The number of rotatable bonds is 4. The minimum Gasteiger partial charge on any atom is -0.492 e. The van der Waals surface area contributed by atoms with E-state index in [2.05, 4.69) is 28.2 Å². The van der Waals surface area contributed by atoms with Crippen LogP contribution in [0.15, 0.2) is 29.3 Å². The fraction of sp³-hybridized carbons (Fsp3) is 0.600. The maximum absolute atomic E-state index is 12.3. The van der Waals surface area contributed by atoms with Crippen molar-refractivity contribution in [3.05, 3.63) is 29.8 Å². The molecule has 1 N–H and O–H groups in total. The quantitative estimate of drug-likeness (QED) is 0.507. The summed E-state index contributed by atoms with van der Waals surface area (Å²) in [4.78, 5) is 20.9. The first kappa shape index (κ1) is 22.6. The van der Waals surface area contributed by atoms with E-state index in [4.69, 9.17) is 9.47 Å². The van der Waals surface area contributed by atoms with Crippen LogP contribution in [-0.4, -0.2) is 72.8 Å². The zero-order valence-electron chi connectivity index (χ0n) is 17.1. The van der Waals surface area contributed by atoms with E-state index in [9.17, 15) is 4.79 Å². The van der Waals surface area contributed by atoms with Crippen LogP contribution in [0.1, 0.15) is 26.3 Å². The van der Waals surface area contributed by atoms with Crippen molar-refractivity contribution in [2.75, 3.05) is 39.3 Å². The van der Waals surface area contributed by atoms with E-state index < -0.39 is 5.60 Å². The molecule has 2 heterocycles. The number of halogens is 1. The molecule has 156 valence electrons. The van der Waals surface area contributed by atoms with Gasteiger partial charge in [-0.1, -0.05) is 12.1 Å². The molecule has 0 aromatic heterocycles. The zero-order chi connectivity index (χ0) is 19.4. The molecule has 0 radical (unpaired) electrons. The van der Waals surface area contributed by atoms with Crippen LogP contribution in [0.4, 0.5) is 4.79 Å². The summed E-state index contributed by atoms with van der Waals surface area (Å²) in [6, 6.07) is 8.25. The fourth-order valence-corrected chi connectivity index (χ4v) is 3.26. The lowest BCUT2D eigenvalue weighted by atomic mass is 10.2. The molecule has 1 fully saturated rings. The number of hydrogen-bond donors (Lipinski definition) is 1. The lowest BCUT2D eigenvalue weighted by molar-refractivity contribution is 0.0137. The maximum atomic E-state index is 12.3. The Kier molecular flexibility index (Phi) is 7.79. The van der Waals surface area contributed by atoms with Crippen LogP contribution in [0.2, 0.25) is 0 Å². The van der Waals surface area contributed by atoms with Gasteiger partial charge in [0.25, 0.3) is 0 Å². The Labute approximate surface area is 184 Å². The van der Waals surface area contributed by atoms with Gasteiger partial charge < -0.3 is 24.6 Å². The largest absolute Gasteiger partial charge is 0.492 e. The van der Waals surface area contributed by atoms with E-state index >= 15 is 0 Å². The summed E-state index contributed by atoms with van der Waals surface area (Å²) in [5, 5.41) is 3.36. The molecule has 8 heteroatoms. The molecule has 0 aliphatic carbocycles. The van der Waals surface area contributed by atoms with Crippen molar-refractivity contribution >= 4 is 36.0 Å². The third-order valence-corrected chi connectivity index (χ3v) is 4.50. The molecule has 2 aliphatic heterocycles. The molecule has 3 rings (SSSR count). The van der Waals surface area contributed by atoms with Crippen LogP contribution in [0.25, 0.3) is 0 Å². The standard InChI is InChI=1S/C20H30N4O3.HI/c1-15-6-5-7-17(12-15)26-11-8-21-18-22-13-16-14-23(9-10-24(16)18)19(25)27-20(2,3)4;/h5-7,12,16H,8-11,13-14H2,1-4H3,(H,21,22);1H. The van der Waals surface area contributed by atoms with Crippen LogP contribution >= 0.6 is 24.0 Å². The van der Waals surface area contributed by atoms with Gasteiger partial charge in [0.2, 0.25) is 0 Å². The highest BCUT2D eigenvalue weighted by Crippen LogP contribution is 2.18. The molecule has 7 nitrogen and oxygen atoms in total. The van der Waals surface area contributed by atoms with Crippen LogP contribution in [-0.2, 0) is 4.74 Å². The Hall–Kier alpha value is -1.71. The van der Waals surface area contributed by atoms with Gasteiger partial charge >= 0.3 is 6.09 Å². The SMILES string of the molecule is Cc1cccc(OCCNC2=NCC3CN(C(=O)OC(C)(C)C)CCN23)c1.I. The Morgan fingerprint density at radius 3 is 2.82 bits per heavy atom. The Morgan fingerprint density at radius 1 is 1.32 bits per heavy atom. The van der Waals surface area contributed by atoms with E-state index in [-0.39, 0.29) is 36.1 Å². The number of piperazine rings is 1. The highest BCUT2D eigenvalue weighted by molar-refractivity contribution is 14.0. The minimum atomic E-state index is -0.468. The number of nitrogens with zero attached hydrogens (tertiary/aromatic N) is 3. The Morgan fingerprint density at radius 2 is 2.11 bits per heavy atom. The number of aryl methyl sites for hydroxylation is 1. The van der Waals surface area contributed by atoms with Crippen LogP contribution in [0, 0.1) is 6.92 Å². The van der Waals surface area contributed by atoms with Crippen molar-refractivity contribution < 1.29 is 14.3 Å². The maximum Gasteiger partial charge on any atom is 0.410 e. The summed E-state index contributed by atoms with van der Waals surface area (Å²) in [7, 11) is 0. The monoisotopic (exact) mass is 502 g/mol. The summed E-state index contributed by atoms with van der Waals surface area (Å²) < 4.78 is 11.3. The van der Waals surface area contributed by atoms with E-state index in [0.29, 0.717) is 32.8 Å². The molecule has 0 saturated carbocycles. The van der Waals surface area contributed by atoms with Gasteiger partial charge in [0.05, 0.1) is 19.1 Å². The summed E-state index contributed by atoms with van der Waals surface area (Å²) in [6.07, 6.45) is -0.241. The average molecular weight is 502 g/mol. The second-order valence-electron chi connectivity index (χ2n) is 8.03. The number of benzene rings is 1. The lowest BCUT2D eigenvalue weighted by Crippen LogP contribution is -2.57. The first-order valence-corrected chi connectivity index (χ1v) is 9.54. The second-order valence-corrected chi connectivity index (χ2v) is 8.03. The molecule has 1 aromatic rings. The van der Waals surface area contributed by atoms with Crippen LogP contribution < -0.4 is 10.1 Å². The van der Waals surface area contributed by atoms with Crippen molar-refractivity contribution in [1.29, 1.82) is 0 Å². The number of ether oxygens (including phenoxy) is 2. The molecule has 0 spiro atoms. The normalized spacial score (nSPS) is 18.7. The first-order chi connectivity index (χ1) is 12.8. The fourth-order valence-electron chi connectivity index (χ4n) is 3.26. The molecule has 1 unspecified atom stereocenters. The molecule has 1 saturated heterocycles. The summed E-state index contributed by atoms with van der Waals surface area (Å²) in [5.74, 6) is 1.78. The van der Waals surface area contributed by atoms with E-state index in [1.54, 1.807) is 4.90 Å². The van der Waals surface area contributed by atoms with Crippen molar-refractivity contribution in [2.45, 2.75) is 39.3 Å². The zero-order valence-corrected chi connectivity index (χ0v) is 19.4. The van der Waals surface area contributed by atoms with Gasteiger partial charge in [0.1, 0.15) is 18.0 Å². The molecule has 1 amide bonds. The predicted molar refractivity (Wildman–Crippen MR) is 121 cm³/mol. The minimum absolute atomic E-state index is 0. The van der Waals surface area contributed by atoms with Gasteiger partial charge in [0.15, 0.2) is 5.96 Å². The van der Waals surface area contributed by atoms with Crippen molar-refractivity contribution in [1.82, 2.24) is 15.1 Å². The first-order valence-electron chi connectivity index (χ1n) is 9.54. The van der Waals surface area contributed by atoms with E-state index in [1.807, 2.05) is 39.0 Å². The topological polar surface area (TPSA) is 66.4 Å². The van der Waals surface area contributed by atoms with Gasteiger partial charge in [-0.15, -0.1) is 24.0 Å². The van der Waals surface area contributed by atoms with Gasteiger partial charge in [0, 0.05) is 19.6 Å². The molecule has 1 atom stereocenters. The van der Waals surface area contributed by atoms with Crippen molar-refractivity contribution in [3.8, 4) is 5.75 Å². The van der Waals surface area contributed by atoms with E-state index in [0.717, 1.165) is 18.3 Å². The molecule has 0 bridgehead atoms. The van der Waals surface area contributed by atoms with Crippen LogP contribution in [0.5, 0.6) is 5.75 Å². The van der Waals surface area contributed by atoms with Gasteiger partial charge in [-0.05, 0) is 45.4 Å². The summed E-state index contributed by atoms with van der Waals surface area (Å²) in [5.41, 5.74) is 0.719. The number of hydrogen-bond acceptors (Lipinski definition) is 6. The van der Waals surface area contributed by atoms with Gasteiger partial charge in [-0.3, -0.25) is 4.99 Å². The molecule has 1 aromatic carbocycles. The van der Waals surface area contributed by atoms with Crippen molar-refractivity contribution in [2.24, 2.45) is 4.99 Å². The predicted octanol–water partition coefficient (Wildman–Crippen LogP) is 2.87. The van der Waals surface area contributed by atoms with Crippen molar-refractivity contribution in [3.63, 3.8) is 0 Å². The molecule has 28 heavy (non-hydrogen) atoms. The average Bonchev–Trinajstić information content (AvgIpc) is 2.99. The lowest BCUT2D eigenvalue weighted by Gasteiger charge is -2.39. The number of carbonyl (C=O) groups excluding carboxylic acids is 1. The Bertz CT molecular complexity index is 705. The van der Waals surface area contributed by atoms with Gasteiger partial charge in [-0.2, -0.15) is 0 Å². The summed E-state index contributed by atoms with van der Waals surface area (Å²) >= 11 is 0. The molecule has 2 aliphatic rings. The summed E-state index contributed by atoms with van der Waals surface area (Å²) in [6.45, 7) is 11.7. The highest BCUT2D eigenvalue weighted by Gasteiger charge is 2.36. The number of carbonyl (C=O) groups is 1. The number of guanidine groups is 1. The van der Waals surface area contributed by atoms with E-state index in [1.165, 1.54) is 5.56 Å². The van der Waals surface area contributed by atoms with Gasteiger partial charge in [-0.25, -0.2) is 4.79 Å². The number of aliphatic imine (C=N–C) groups is 1. The number of fused-ring (bicyclic) bond motifs is 1. The smallest absolute Gasteiger partial charge is 0.410 e. The third kappa shape index (κ3) is 6.15. The molecular formula is C20H31IN4O3. The highest BCUT2D eigenvalue weighted by atomic mass is 127. The Balaban J connectivity index is 0.00000280.